The maximum atomic E-state index is 11.4. The Hall–Kier alpha value is 0.685. The number of pyridine rings is 1. The fraction of sp³-hybridized carbons (Fsp3) is 0.286. The van der Waals surface area contributed by atoms with Crippen LogP contribution >= 0.6 is 0 Å². The molecule has 1 rings (SSSR count). The molecule has 1 aromatic rings. The molecule has 0 amide bonds. The van der Waals surface area contributed by atoms with Gasteiger partial charge in [0.2, 0.25) is 0 Å². The Morgan fingerprint density at radius 2 is 1.92 bits per heavy atom. The van der Waals surface area contributed by atoms with Crippen molar-refractivity contribution < 1.29 is 60.2 Å². The summed E-state index contributed by atoms with van der Waals surface area (Å²) in [5.74, 6) is 0.180. The van der Waals surface area contributed by atoms with E-state index in [1.165, 1.54) is 0 Å². The molecule has 5 heteroatoms. The Bertz CT molecular complexity index is 354. The van der Waals surface area contributed by atoms with Crippen molar-refractivity contribution in [2.24, 2.45) is 0 Å². The van der Waals surface area contributed by atoms with Crippen LogP contribution in [0.4, 0.5) is 0 Å². The maximum absolute atomic E-state index is 11.4. The minimum atomic E-state index is -0.0380. The van der Waals surface area contributed by atoms with E-state index >= 15 is 0 Å². The monoisotopic (exact) mass is 457 g/mol. The molecule has 0 unspecified atom stereocenters. The first-order valence-electron chi connectivity index (χ1n) is 3.36. The summed E-state index contributed by atoms with van der Waals surface area (Å²) in [5, 5.41) is 9.52. The summed E-state index contributed by atoms with van der Waals surface area (Å²) >= 11 is 1.51. The van der Waals surface area contributed by atoms with Crippen LogP contribution in [0.1, 0.15) is 11.1 Å². The van der Waals surface area contributed by atoms with E-state index in [1.54, 1.807) is 9.89 Å². The van der Waals surface area contributed by atoms with Crippen LogP contribution in [-0.4, -0.2) is 8.08 Å². The van der Waals surface area contributed by atoms with Crippen molar-refractivity contribution in [3.05, 3.63) is 21.5 Å². The van der Waals surface area contributed by atoms with Gasteiger partial charge >= 0.3 is 106 Å². The van der Waals surface area contributed by atoms with Crippen molar-refractivity contribution in [3.8, 4) is 5.75 Å². The zero-order valence-electron chi connectivity index (χ0n) is 6.83. The molecule has 1 N–H and O–H groups in total. The molecule has 0 atom stereocenters. The molecule has 0 saturated heterocycles. The SMILES string of the molecule is Cc1c(O)c(C)c(=O)[n]([Ta])[c]1[La]. The summed E-state index contributed by atoms with van der Waals surface area (Å²) in [6.45, 7) is 3.53. The number of hydrogen-bond donors (Lipinski definition) is 1. The molecule has 0 aliphatic rings. The van der Waals surface area contributed by atoms with Crippen LogP contribution in [0.15, 0.2) is 4.79 Å². The van der Waals surface area contributed by atoms with Crippen molar-refractivity contribution in [2.45, 2.75) is 13.8 Å². The second-order valence-electron chi connectivity index (χ2n) is 2.60. The van der Waals surface area contributed by atoms with Gasteiger partial charge < -0.3 is 0 Å². The number of hydrogen-bond acceptors (Lipinski definition) is 2. The molecule has 3 nitrogen and oxygen atoms in total. The van der Waals surface area contributed by atoms with Crippen LogP contribution < -0.4 is 7.66 Å². The molecule has 0 spiro atoms. The molecule has 60 valence electrons. The molecule has 0 aliphatic carbocycles. The van der Waals surface area contributed by atoms with Crippen molar-refractivity contribution in [2.75, 3.05) is 0 Å². The number of aromatic nitrogens is 1. The Kier molecular flexibility index (Phi) is 3.43. The zero-order valence-corrected chi connectivity index (χ0v) is 13.7. The van der Waals surface area contributed by atoms with Gasteiger partial charge in [0, 0.05) is 0 Å². The third kappa shape index (κ3) is 1.64. The average molecular weight is 457 g/mol. The summed E-state index contributed by atoms with van der Waals surface area (Å²) in [7, 11) is 0. The molecular weight excluding hydrogens is 450 g/mol. The first kappa shape index (κ1) is 10.8. The van der Waals surface area contributed by atoms with Gasteiger partial charge in [0.1, 0.15) is 0 Å². The summed E-state index contributed by atoms with van der Waals surface area (Å²) in [6, 6.07) is 0. The predicted octanol–water partition coefficient (Wildman–Crippen LogP) is -0.345. The van der Waals surface area contributed by atoms with Gasteiger partial charge in [0.05, 0.1) is 0 Å². The molecule has 0 radical (unpaired) electrons. The van der Waals surface area contributed by atoms with Crippen LogP contribution in [-0.2, 0) is 21.3 Å². The predicted molar refractivity (Wildman–Crippen MR) is 36.9 cm³/mol. The van der Waals surface area contributed by atoms with E-state index in [-0.39, 0.29) is 11.3 Å². The van der Waals surface area contributed by atoms with Gasteiger partial charge in [-0.05, 0) is 0 Å². The summed E-state index contributed by atoms with van der Waals surface area (Å²) in [5.41, 5.74) is 1.31. The van der Waals surface area contributed by atoms with E-state index in [0.717, 1.165) is 29.0 Å². The van der Waals surface area contributed by atoms with Gasteiger partial charge in [0.15, 0.2) is 0 Å². The van der Waals surface area contributed by atoms with E-state index in [4.69, 9.17) is 0 Å². The van der Waals surface area contributed by atoms with Crippen LogP contribution in [0.2, 0.25) is 0 Å². The molecule has 0 aromatic carbocycles. The standard InChI is InChI=1S/C7H7NO2.La.Ta/c1-4-3-8-7(10)5(2)6(4)9;;/h1-2H3,(H-,8,9,10);;/q-1;;+1. The van der Waals surface area contributed by atoms with E-state index < -0.39 is 0 Å². The van der Waals surface area contributed by atoms with Gasteiger partial charge in [-0.15, -0.1) is 0 Å². The first-order chi connectivity index (χ1) is 5.46. The quantitative estimate of drug-likeness (QED) is 0.580. The molecule has 12 heavy (non-hydrogen) atoms. The van der Waals surface area contributed by atoms with Crippen molar-refractivity contribution >= 4 is 2.10 Å². The van der Waals surface area contributed by atoms with Crippen molar-refractivity contribution in [1.29, 1.82) is 0 Å². The van der Waals surface area contributed by atoms with Gasteiger partial charge in [-0.2, -0.15) is 0 Å². The summed E-state index contributed by atoms with van der Waals surface area (Å²) < 4.78 is 2.76. The molecule has 1 aromatic heterocycles. The third-order valence-electron chi connectivity index (χ3n) is 1.84. The molecule has 1 heterocycles. The Balaban J connectivity index is 3.73. The van der Waals surface area contributed by atoms with Crippen LogP contribution in [0.25, 0.3) is 0 Å². The molecular formula is C7H7LaNO2Ta. The van der Waals surface area contributed by atoms with E-state index in [9.17, 15) is 9.90 Å². The van der Waals surface area contributed by atoms with Crippen LogP contribution in [0, 0.1) is 47.6 Å². The third-order valence-corrected chi connectivity index (χ3v) is 8.00. The Labute approximate surface area is 105 Å². The second-order valence-corrected chi connectivity index (χ2v) is 5.76. The normalized spacial score (nSPS) is 10.1. The van der Waals surface area contributed by atoms with Crippen molar-refractivity contribution in [3.63, 3.8) is 0 Å². The number of aromatic hydroxyl groups is 1. The molecule has 0 saturated carbocycles. The van der Waals surface area contributed by atoms with E-state index in [1.807, 2.05) is 6.92 Å². The Morgan fingerprint density at radius 3 is 2.42 bits per heavy atom. The van der Waals surface area contributed by atoms with Crippen molar-refractivity contribution in [1.82, 2.24) is 2.97 Å². The van der Waals surface area contributed by atoms with Crippen LogP contribution in [0.5, 0.6) is 5.75 Å². The molecule has 0 fully saturated rings. The zero-order chi connectivity index (χ0) is 9.46. The topological polar surface area (TPSA) is 42.2 Å². The minimum absolute atomic E-state index is 0.0380. The average Bonchev–Trinajstić information content (AvgIpc) is 2.08. The van der Waals surface area contributed by atoms with Crippen LogP contribution in [0.3, 0.4) is 0 Å². The number of rotatable bonds is 0. The molecule has 0 aliphatic heterocycles. The van der Waals surface area contributed by atoms with E-state index in [2.05, 4.69) is 0 Å². The fourth-order valence-corrected chi connectivity index (χ4v) is 2.81. The molecule has 0 bridgehead atoms. The Morgan fingerprint density at radius 1 is 1.42 bits per heavy atom. The van der Waals surface area contributed by atoms with Gasteiger partial charge in [-0.3, -0.25) is 0 Å². The van der Waals surface area contributed by atoms with Gasteiger partial charge in [0.25, 0.3) is 0 Å². The van der Waals surface area contributed by atoms with Gasteiger partial charge in [-0.1, -0.05) is 0 Å². The fourth-order valence-electron chi connectivity index (χ4n) is 0.931. The summed E-state index contributed by atoms with van der Waals surface area (Å²) in [4.78, 5) is 11.4. The summed E-state index contributed by atoms with van der Waals surface area (Å²) in [6.07, 6.45) is 0. The first-order valence-corrected chi connectivity index (χ1v) is 6.61. The van der Waals surface area contributed by atoms with E-state index in [0.29, 0.717) is 39.3 Å². The van der Waals surface area contributed by atoms with Gasteiger partial charge in [-0.25, -0.2) is 0 Å². The second kappa shape index (κ2) is 3.82. The number of nitrogens with zero attached hydrogens (tertiary/aromatic N) is 1.